The average Bonchev–Trinajstić information content (AvgIpc) is 3.32. The first-order valence-electron chi connectivity index (χ1n) is 8.60. The van der Waals surface area contributed by atoms with E-state index in [1.165, 1.54) is 23.1 Å². The summed E-state index contributed by atoms with van der Waals surface area (Å²) in [6.45, 7) is 6.01. The molecule has 0 amide bonds. The van der Waals surface area contributed by atoms with E-state index in [1.807, 2.05) is 62.5 Å². The molecule has 4 rings (SSSR count). The van der Waals surface area contributed by atoms with Crippen LogP contribution in [0.15, 0.2) is 56.3 Å². The van der Waals surface area contributed by atoms with Crippen molar-refractivity contribution in [1.29, 1.82) is 0 Å². The molecular weight excluding hydrogens is 380 g/mol. The number of thioether (sulfide) groups is 1. The Balaban J connectivity index is 1.79. The van der Waals surface area contributed by atoms with Crippen molar-refractivity contribution in [2.45, 2.75) is 37.1 Å². The van der Waals surface area contributed by atoms with Gasteiger partial charge in [-0.15, -0.1) is 11.3 Å². The van der Waals surface area contributed by atoms with Gasteiger partial charge in [0.1, 0.15) is 4.70 Å². The molecule has 1 aromatic carbocycles. The topological polar surface area (TPSA) is 73.8 Å². The number of nitrogens with zero attached hydrogens (tertiary/aromatic N) is 4. The lowest BCUT2D eigenvalue weighted by Crippen LogP contribution is -2.21. The zero-order valence-electron chi connectivity index (χ0n) is 15.1. The van der Waals surface area contributed by atoms with Crippen molar-refractivity contribution in [2.24, 2.45) is 0 Å². The van der Waals surface area contributed by atoms with E-state index in [-0.39, 0.29) is 16.7 Å². The Morgan fingerprint density at radius 1 is 1.11 bits per heavy atom. The molecule has 0 aliphatic rings. The van der Waals surface area contributed by atoms with Gasteiger partial charge in [0.05, 0.1) is 16.5 Å². The monoisotopic (exact) mass is 398 g/mol. The molecule has 0 fully saturated rings. The molecule has 1 atom stereocenters. The largest absolute Gasteiger partial charge is 0.338 e. The van der Waals surface area contributed by atoms with Crippen LogP contribution >= 0.6 is 23.1 Å². The van der Waals surface area contributed by atoms with Crippen LogP contribution < -0.4 is 5.56 Å². The van der Waals surface area contributed by atoms with E-state index < -0.39 is 0 Å². The number of para-hydroxylation sites is 1. The predicted molar refractivity (Wildman–Crippen MR) is 108 cm³/mol. The standard InChI is InChI=1S/C19H18N4O2S2/c1-11(2)16-21-17(25-22-16)12(3)27-19-20-14-9-10-26-15(14)18(24)23(19)13-7-5-4-6-8-13/h4-12H,1-3H3/t12-/m1/s1. The van der Waals surface area contributed by atoms with Gasteiger partial charge in [-0.25, -0.2) is 4.98 Å². The van der Waals surface area contributed by atoms with E-state index in [9.17, 15) is 4.79 Å². The van der Waals surface area contributed by atoms with Gasteiger partial charge in [-0.1, -0.05) is 49.0 Å². The lowest BCUT2D eigenvalue weighted by Gasteiger charge is -2.13. The third-order valence-electron chi connectivity index (χ3n) is 4.07. The highest BCUT2D eigenvalue weighted by Gasteiger charge is 2.21. The van der Waals surface area contributed by atoms with Crippen LogP contribution in [-0.4, -0.2) is 19.7 Å². The van der Waals surface area contributed by atoms with Gasteiger partial charge < -0.3 is 4.52 Å². The Morgan fingerprint density at radius 2 is 1.89 bits per heavy atom. The van der Waals surface area contributed by atoms with Crippen molar-refractivity contribution < 1.29 is 4.52 Å². The minimum Gasteiger partial charge on any atom is -0.338 e. The van der Waals surface area contributed by atoms with Crippen LogP contribution in [0.5, 0.6) is 0 Å². The maximum absolute atomic E-state index is 13.1. The third-order valence-corrected chi connectivity index (χ3v) is 6.00. The maximum atomic E-state index is 13.1. The SMILES string of the molecule is CC(C)c1noc([C@@H](C)Sc2nc3ccsc3c(=O)n2-c2ccccc2)n1. The van der Waals surface area contributed by atoms with E-state index in [2.05, 4.69) is 10.1 Å². The molecular formula is C19H18N4O2S2. The zero-order valence-corrected chi connectivity index (χ0v) is 16.8. The van der Waals surface area contributed by atoms with Gasteiger partial charge in [0, 0.05) is 5.92 Å². The van der Waals surface area contributed by atoms with Crippen molar-refractivity contribution in [2.75, 3.05) is 0 Å². The zero-order chi connectivity index (χ0) is 19.0. The molecule has 0 aliphatic carbocycles. The van der Waals surface area contributed by atoms with E-state index in [0.717, 1.165) is 5.69 Å². The molecule has 138 valence electrons. The number of fused-ring (bicyclic) bond motifs is 1. The second kappa shape index (κ2) is 7.28. The van der Waals surface area contributed by atoms with Gasteiger partial charge in [0.25, 0.3) is 5.56 Å². The summed E-state index contributed by atoms with van der Waals surface area (Å²) in [7, 11) is 0. The highest BCUT2D eigenvalue weighted by molar-refractivity contribution is 7.99. The van der Waals surface area contributed by atoms with Crippen LogP contribution in [0.25, 0.3) is 15.9 Å². The number of benzene rings is 1. The van der Waals surface area contributed by atoms with Gasteiger partial charge in [0.2, 0.25) is 5.89 Å². The minimum atomic E-state index is -0.136. The van der Waals surface area contributed by atoms with Crippen LogP contribution in [0.2, 0.25) is 0 Å². The Bertz CT molecular complexity index is 1130. The van der Waals surface area contributed by atoms with Crippen LogP contribution in [-0.2, 0) is 0 Å². The molecule has 3 aromatic heterocycles. The van der Waals surface area contributed by atoms with Crippen molar-refractivity contribution in [3.8, 4) is 5.69 Å². The number of hydrogen-bond donors (Lipinski definition) is 0. The van der Waals surface area contributed by atoms with E-state index in [4.69, 9.17) is 9.51 Å². The van der Waals surface area contributed by atoms with Gasteiger partial charge in [0.15, 0.2) is 11.0 Å². The van der Waals surface area contributed by atoms with Crippen LogP contribution in [0.3, 0.4) is 0 Å². The summed E-state index contributed by atoms with van der Waals surface area (Å²) in [4.78, 5) is 22.3. The Hall–Kier alpha value is -2.45. The fraction of sp³-hybridized carbons (Fsp3) is 0.263. The number of aromatic nitrogens is 4. The van der Waals surface area contributed by atoms with E-state index in [1.54, 1.807) is 4.57 Å². The van der Waals surface area contributed by atoms with Crippen LogP contribution in [0.4, 0.5) is 0 Å². The highest BCUT2D eigenvalue weighted by Crippen LogP contribution is 2.34. The van der Waals surface area contributed by atoms with Gasteiger partial charge in [-0.05, 0) is 30.5 Å². The number of rotatable bonds is 5. The molecule has 0 spiro atoms. The molecule has 6 nitrogen and oxygen atoms in total. The summed E-state index contributed by atoms with van der Waals surface area (Å²) >= 11 is 2.84. The molecule has 0 saturated carbocycles. The summed E-state index contributed by atoms with van der Waals surface area (Å²) < 4.78 is 7.71. The summed E-state index contributed by atoms with van der Waals surface area (Å²) in [6, 6.07) is 11.4. The Morgan fingerprint density at radius 3 is 2.59 bits per heavy atom. The highest BCUT2D eigenvalue weighted by atomic mass is 32.2. The summed E-state index contributed by atoms with van der Waals surface area (Å²) in [5.41, 5.74) is 1.43. The van der Waals surface area contributed by atoms with Gasteiger partial charge >= 0.3 is 0 Å². The normalized spacial score (nSPS) is 12.7. The molecule has 0 unspecified atom stereocenters. The van der Waals surface area contributed by atoms with Crippen molar-refractivity contribution in [3.63, 3.8) is 0 Å². The first-order chi connectivity index (χ1) is 13.0. The predicted octanol–water partition coefficient (Wildman–Crippen LogP) is 4.81. The summed E-state index contributed by atoms with van der Waals surface area (Å²) in [5, 5.41) is 6.39. The van der Waals surface area contributed by atoms with Gasteiger partial charge in [-0.2, -0.15) is 4.98 Å². The molecule has 0 aliphatic heterocycles. The Kier molecular flexibility index (Phi) is 4.84. The first kappa shape index (κ1) is 17.9. The summed E-state index contributed by atoms with van der Waals surface area (Å²) in [5.74, 6) is 1.41. The lowest BCUT2D eigenvalue weighted by molar-refractivity contribution is 0.373. The first-order valence-corrected chi connectivity index (χ1v) is 10.4. The quantitative estimate of drug-likeness (QED) is 0.355. The van der Waals surface area contributed by atoms with Crippen LogP contribution in [0.1, 0.15) is 43.7 Å². The smallest absolute Gasteiger partial charge is 0.276 e. The summed E-state index contributed by atoms with van der Waals surface area (Å²) in [6.07, 6.45) is 0. The van der Waals surface area contributed by atoms with E-state index >= 15 is 0 Å². The van der Waals surface area contributed by atoms with Crippen molar-refractivity contribution in [3.05, 3.63) is 63.8 Å². The molecule has 0 radical (unpaired) electrons. The van der Waals surface area contributed by atoms with E-state index in [0.29, 0.717) is 27.1 Å². The lowest BCUT2D eigenvalue weighted by atomic mass is 10.2. The maximum Gasteiger partial charge on any atom is 0.276 e. The average molecular weight is 399 g/mol. The second-order valence-electron chi connectivity index (χ2n) is 6.41. The molecule has 27 heavy (non-hydrogen) atoms. The van der Waals surface area contributed by atoms with Crippen molar-refractivity contribution in [1.82, 2.24) is 19.7 Å². The fourth-order valence-electron chi connectivity index (χ4n) is 2.63. The third kappa shape index (κ3) is 3.42. The molecule has 0 N–H and O–H groups in total. The van der Waals surface area contributed by atoms with Gasteiger partial charge in [-0.3, -0.25) is 9.36 Å². The number of thiophene rings is 1. The molecule has 0 saturated heterocycles. The molecule has 4 aromatic rings. The number of hydrogen-bond acceptors (Lipinski definition) is 7. The van der Waals surface area contributed by atoms with Crippen molar-refractivity contribution >= 4 is 33.3 Å². The fourth-order valence-corrected chi connectivity index (χ4v) is 4.35. The van der Waals surface area contributed by atoms with Crippen LogP contribution in [0, 0.1) is 0 Å². The molecule has 3 heterocycles. The molecule has 0 bridgehead atoms. The molecule has 8 heteroatoms. The minimum absolute atomic E-state index is 0.0655. The second-order valence-corrected chi connectivity index (χ2v) is 8.64. The Labute approximate surface area is 164 Å².